The number of methoxy groups -OCH3 is 1. The topological polar surface area (TPSA) is 47.3 Å². The van der Waals surface area contributed by atoms with Crippen molar-refractivity contribution in [3.63, 3.8) is 0 Å². The van der Waals surface area contributed by atoms with E-state index in [1.807, 2.05) is 0 Å². The summed E-state index contributed by atoms with van der Waals surface area (Å²) in [6.07, 6.45) is 5.76. The molecule has 4 heteroatoms. The number of rotatable bonds is 9. The predicted molar refractivity (Wildman–Crippen MR) is 63.6 cm³/mol. The number of aromatic nitrogens is 1. The number of nitrogens with one attached hydrogen (secondary N) is 1. The highest BCUT2D eigenvalue weighted by Crippen LogP contribution is 2.06. The SMILES string of the molecule is CCCNCCCc1ncc(CCOC)o1. The Bertz CT molecular complexity index is 274. The average molecular weight is 226 g/mol. The van der Waals surface area contributed by atoms with Crippen LogP contribution in [0.4, 0.5) is 0 Å². The molecule has 0 saturated carbocycles. The summed E-state index contributed by atoms with van der Waals surface area (Å²) in [7, 11) is 1.69. The molecule has 0 unspecified atom stereocenters. The first-order valence-corrected chi connectivity index (χ1v) is 6.00. The molecule has 1 aromatic heterocycles. The minimum atomic E-state index is 0.687. The molecule has 0 radical (unpaired) electrons. The molecule has 0 spiro atoms. The zero-order chi connectivity index (χ0) is 11.6. The molecular weight excluding hydrogens is 204 g/mol. The maximum atomic E-state index is 5.57. The fourth-order valence-electron chi connectivity index (χ4n) is 1.45. The van der Waals surface area contributed by atoms with E-state index in [4.69, 9.17) is 9.15 Å². The van der Waals surface area contributed by atoms with Crippen molar-refractivity contribution in [1.29, 1.82) is 0 Å². The van der Waals surface area contributed by atoms with Crippen LogP contribution in [0.25, 0.3) is 0 Å². The Morgan fingerprint density at radius 1 is 1.38 bits per heavy atom. The van der Waals surface area contributed by atoms with Gasteiger partial charge in [0.2, 0.25) is 0 Å². The van der Waals surface area contributed by atoms with Crippen molar-refractivity contribution in [2.24, 2.45) is 0 Å². The monoisotopic (exact) mass is 226 g/mol. The Hall–Kier alpha value is -0.870. The van der Waals surface area contributed by atoms with Gasteiger partial charge < -0.3 is 14.5 Å². The van der Waals surface area contributed by atoms with Gasteiger partial charge in [-0.05, 0) is 25.9 Å². The van der Waals surface area contributed by atoms with Crippen molar-refractivity contribution >= 4 is 0 Å². The van der Waals surface area contributed by atoms with Crippen molar-refractivity contribution in [3.05, 3.63) is 17.8 Å². The van der Waals surface area contributed by atoms with E-state index >= 15 is 0 Å². The Labute approximate surface area is 97.4 Å². The Kier molecular flexibility index (Phi) is 6.85. The van der Waals surface area contributed by atoms with Crippen LogP contribution in [-0.2, 0) is 17.6 Å². The van der Waals surface area contributed by atoms with Crippen LogP contribution < -0.4 is 5.32 Å². The van der Waals surface area contributed by atoms with Crippen LogP contribution in [0, 0.1) is 0 Å². The second-order valence-corrected chi connectivity index (χ2v) is 3.82. The van der Waals surface area contributed by atoms with E-state index in [0.717, 1.165) is 44.0 Å². The number of hydrogen-bond acceptors (Lipinski definition) is 4. The molecule has 0 aliphatic rings. The molecule has 1 N–H and O–H groups in total. The highest BCUT2D eigenvalue weighted by Gasteiger charge is 2.03. The van der Waals surface area contributed by atoms with Crippen molar-refractivity contribution in [2.45, 2.75) is 32.6 Å². The zero-order valence-corrected chi connectivity index (χ0v) is 10.3. The number of nitrogens with zero attached hydrogens (tertiary/aromatic N) is 1. The van der Waals surface area contributed by atoms with E-state index in [1.54, 1.807) is 13.3 Å². The Morgan fingerprint density at radius 3 is 3.00 bits per heavy atom. The second kappa shape index (κ2) is 8.30. The van der Waals surface area contributed by atoms with Gasteiger partial charge in [0.05, 0.1) is 12.8 Å². The lowest BCUT2D eigenvalue weighted by Gasteiger charge is -2.00. The number of hydrogen-bond donors (Lipinski definition) is 1. The van der Waals surface area contributed by atoms with E-state index < -0.39 is 0 Å². The first-order valence-electron chi connectivity index (χ1n) is 6.00. The summed E-state index contributed by atoms with van der Waals surface area (Å²) in [5.41, 5.74) is 0. The number of oxazole rings is 1. The minimum Gasteiger partial charge on any atom is -0.446 e. The fourth-order valence-corrected chi connectivity index (χ4v) is 1.45. The highest BCUT2D eigenvalue weighted by molar-refractivity contribution is 4.94. The third-order valence-electron chi connectivity index (χ3n) is 2.32. The third-order valence-corrected chi connectivity index (χ3v) is 2.32. The quantitative estimate of drug-likeness (QED) is 0.652. The lowest BCUT2D eigenvalue weighted by Crippen LogP contribution is -2.16. The number of aryl methyl sites for hydroxylation is 1. The molecule has 1 heterocycles. The van der Waals surface area contributed by atoms with Crippen LogP contribution in [0.1, 0.15) is 31.4 Å². The van der Waals surface area contributed by atoms with Gasteiger partial charge in [0.15, 0.2) is 5.89 Å². The van der Waals surface area contributed by atoms with Crippen molar-refractivity contribution in [2.75, 3.05) is 26.8 Å². The van der Waals surface area contributed by atoms with Crippen molar-refractivity contribution in [1.82, 2.24) is 10.3 Å². The fraction of sp³-hybridized carbons (Fsp3) is 0.750. The molecule has 0 bridgehead atoms. The molecule has 0 amide bonds. The largest absolute Gasteiger partial charge is 0.446 e. The third kappa shape index (κ3) is 5.28. The molecule has 0 aromatic carbocycles. The standard InChI is InChI=1S/C12H22N2O2/c1-3-7-13-8-4-5-12-14-10-11(16-12)6-9-15-2/h10,13H,3-9H2,1-2H3. The van der Waals surface area contributed by atoms with Crippen molar-refractivity contribution < 1.29 is 9.15 Å². The summed E-state index contributed by atoms with van der Waals surface area (Å²) >= 11 is 0. The summed E-state index contributed by atoms with van der Waals surface area (Å²) in [5, 5.41) is 3.36. The van der Waals surface area contributed by atoms with E-state index in [1.165, 1.54) is 6.42 Å². The molecule has 1 aromatic rings. The van der Waals surface area contributed by atoms with Crippen LogP contribution >= 0.6 is 0 Å². The van der Waals surface area contributed by atoms with Gasteiger partial charge in [-0.1, -0.05) is 6.92 Å². The van der Waals surface area contributed by atoms with E-state index in [-0.39, 0.29) is 0 Å². The van der Waals surface area contributed by atoms with Gasteiger partial charge in [-0.15, -0.1) is 0 Å². The Balaban J connectivity index is 2.14. The molecule has 4 nitrogen and oxygen atoms in total. The molecular formula is C12H22N2O2. The summed E-state index contributed by atoms with van der Waals surface area (Å²) < 4.78 is 10.6. The molecule has 92 valence electrons. The van der Waals surface area contributed by atoms with Gasteiger partial charge in [0.1, 0.15) is 5.76 Å². The van der Waals surface area contributed by atoms with Crippen LogP contribution in [0.3, 0.4) is 0 Å². The van der Waals surface area contributed by atoms with Gasteiger partial charge in [-0.2, -0.15) is 0 Å². The summed E-state index contributed by atoms with van der Waals surface area (Å²) in [5.74, 6) is 1.75. The summed E-state index contributed by atoms with van der Waals surface area (Å²) in [6, 6.07) is 0. The van der Waals surface area contributed by atoms with Gasteiger partial charge in [-0.25, -0.2) is 4.98 Å². The van der Waals surface area contributed by atoms with E-state index in [2.05, 4.69) is 17.2 Å². The maximum Gasteiger partial charge on any atom is 0.194 e. The first kappa shape index (κ1) is 13.2. The van der Waals surface area contributed by atoms with Gasteiger partial charge >= 0.3 is 0 Å². The van der Waals surface area contributed by atoms with Gasteiger partial charge in [-0.3, -0.25) is 0 Å². The van der Waals surface area contributed by atoms with Crippen LogP contribution in [0.5, 0.6) is 0 Å². The molecule has 0 aliphatic heterocycles. The van der Waals surface area contributed by atoms with E-state index in [0.29, 0.717) is 6.61 Å². The Morgan fingerprint density at radius 2 is 2.25 bits per heavy atom. The first-order chi connectivity index (χ1) is 7.86. The average Bonchev–Trinajstić information content (AvgIpc) is 2.74. The lowest BCUT2D eigenvalue weighted by atomic mass is 10.3. The molecule has 0 saturated heterocycles. The summed E-state index contributed by atoms with van der Waals surface area (Å²) in [6.45, 7) is 4.98. The van der Waals surface area contributed by atoms with Gasteiger partial charge in [0, 0.05) is 20.0 Å². The molecule has 0 fully saturated rings. The van der Waals surface area contributed by atoms with Crippen LogP contribution in [0.15, 0.2) is 10.6 Å². The van der Waals surface area contributed by atoms with E-state index in [9.17, 15) is 0 Å². The molecule has 16 heavy (non-hydrogen) atoms. The second-order valence-electron chi connectivity index (χ2n) is 3.82. The predicted octanol–water partition coefficient (Wildman–Crippen LogP) is 1.80. The van der Waals surface area contributed by atoms with Crippen LogP contribution in [0.2, 0.25) is 0 Å². The smallest absolute Gasteiger partial charge is 0.194 e. The molecule has 0 aliphatic carbocycles. The molecule has 0 atom stereocenters. The maximum absolute atomic E-state index is 5.57. The lowest BCUT2D eigenvalue weighted by molar-refractivity contribution is 0.196. The highest BCUT2D eigenvalue weighted by atomic mass is 16.5. The van der Waals surface area contributed by atoms with Crippen molar-refractivity contribution in [3.8, 4) is 0 Å². The zero-order valence-electron chi connectivity index (χ0n) is 10.3. The minimum absolute atomic E-state index is 0.687. The molecule has 1 rings (SSSR count). The van der Waals surface area contributed by atoms with Gasteiger partial charge in [0.25, 0.3) is 0 Å². The number of ether oxygens (including phenoxy) is 1. The summed E-state index contributed by atoms with van der Waals surface area (Å²) in [4.78, 5) is 4.24. The van der Waals surface area contributed by atoms with Crippen LogP contribution in [-0.4, -0.2) is 31.8 Å². The normalized spacial score (nSPS) is 10.9.